The van der Waals surface area contributed by atoms with Crippen molar-refractivity contribution in [1.29, 1.82) is 0 Å². The number of rotatable bonds is 10. The van der Waals surface area contributed by atoms with Gasteiger partial charge in [-0.3, -0.25) is 0 Å². The van der Waals surface area contributed by atoms with Gasteiger partial charge in [0, 0.05) is 23.8 Å². The summed E-state index contributed by atoms with van der Waals surface area (Å²) < 4.78 is 73.9. The molecule has 0 aliphatic heterocycles. The van der Waals surface area contributed by atoms with E-state index in [-0.39, 0.29) is 41.3 Å². The molecule has 0 saturated heterocycles. The summed E-state index contributed by atoms with van der Waals surface area (Å²) in [4.78, 5) is 7.46. The summed E-state index contributed by atoms with van der Waals surface area (Å²) in [5.41, 5.74) is 6.21. The Kier molecular flexibility index (Phi) is 7.25. The quantitative estimate of drug-likeness (QED) is 0.210. The second kappa shape index (κ2) is 9.23. The molecule has 0 spiro atoms. The molecule has 3 rings (SSSR count). The van der Waals surface area contributed by atoms with E-state index in [0.717, 1.165) is 11.8 Å². The SMILES string of the molecule is Cc1cc(S(F)(F)(F)(F)F)ccc1N(Cc1nn(COCCS(C)(C)C)cc1Cl)c1ccnc(N)n1. The lowest BCUT2D eigenvalue weighted by atomic mass is 10.1. The van der Waals surface area contributed by atoms with Crippen LogP contribution in [0.25, 0.3) is 0 Å². The van der Waals surface area contributed by atoms with Crippen LogP contribution >= 0.6 is 31.9 Å². The van der Waals surface area contributed by atoms with Crippen molar-refractivity contribution in [3.05, 3.63) is 52.9 Å². The van der Waals surface area contributed by atoms with Crippen molar-refractivity contribution in [2.75, 3.05) is 41.8 Å². The Bertz CT molecular complexity index is 1250. The highest BCUT2D eigenvalue weighted by molar-refractivity contribution is 8.45. The van der Waals surface area contributed by atoms with Crippen LogP contribution in [0.1, 0.15) is 11.3 Å². The molecule has 202 valence electrons. The molecule has 3 aromatic rings. The first-order chi connectivity index (χ1) is 16.3. The van der Waals surface area contributed by atoms with E-state index in [1.807, 2.05) is 0 Å². The van der Waals surface area contributed by atoms with E-state index in [4.69, 9.17) is 22.1 Å². The molecule has 7 nitrogen and oxygen atoms in total. The van der Waals surface area contributed by atoms with Gasteiger partial charge in [-0.15, -0.1) is 0 Å². The fourth-order valence-corrected chi connectivity index (χ4v) is 4.75. The molecule has 0 unspecified atom stereocenters. The first-order valence-electron chi connectivity index (χ1n) is 10.5. The highest BCUT2D eigenvalue weighted by Crippen LogP contribution is 3.02. The Hall–Kier alpha value is -2.29. The van der Waals surface area contributed by atoms with Crippen LogP contribution in [0, 0.1) is 6.92 Å². The van der Waals surface area contributed by atoms with Gasteiger partial charge >= 0.3 is 10.2 Å². The van der Waals surface area contributed by atoms with Crippen molar-refractivity contribution in [2.45, 2.75) is 25.1 Å². The van der Waals surface area contributed by atoms with E-state index < -0.39 is 25.1 Å². The van der Waals surface area contributed by atoms with Crippen LogP contribution in [0.3, 0.4) is 0 Å². The van der Waals surface area contributed by atoms with Gasteiger partial charge in [-0.2, -0.15) is 10.1 Å². The molecule has 2 N–H and O–H groups in total. The van der Waals surface area contributed by atoms with Gasteiger partial charge in [-0.1, -0.05) is 31.0 Å². The van der Waals surface area contributed by atoms with Gasteiger partial charge in [0.1, 0.15) is 23.1 Å². The van der Waals surface area contributed by atoms with Crippen LogP contribution in [0.5, 0.6) is 0 Å². The molecular weight excluding hydrogens is 547 g/mol. The van der Waals surface area contributed by atoms with Crippen molar-refractivity contribution in [2.24, 2.45) is 0 Å². The lowest BCUT2D eigenvalue weighted by Gasteiger charge is -2.41. The highest BCUT2D eigenvalue weighted by atomic mass is 35.5. The third-order valence-electron chi connectivity index (χ3n) is 5.00. The topological polar surface area (TPSA) is 82.1 Å². The van der Waals surface area contributed by atoms with Crippen molar-refractivity contribution < 1.29 is 24.2 Å². The lowest BCUT2D eigenvalue weighted by Crippen LogP contribution is -2.20. The van der Waals surface area contributed by atoms with Crippen LogP contribution in [-0.2, 0) is 18.0 Å². The number of hydrogen-bond donors (Lipinski definition) is 1. The molecular formula is C21H28ClF5N6OS2. The second-order valence-corrected chi connectivity index (χ2v) is 16.5. The molecule has 15 heteroatoms. The van der Waals surface area contributed by atoms with Gasteiger partial charge < -0.3 is 15.4 Å². The monoisotopic (exact) mass is 574 g/mol. The second-order valence-electron chi connectivity index (χ2n) is 9.07. The van der Waals surface area contributed by atoms with Gasteiger partial charge in [0.2, 0.25) is 5.95 Å². The number of benzene rings is 1. The van der Waals surface area contributed by atoms with Crippen LogP contribution in [0.4, 0.5) is 36.9 Å². The number of nitrogen functional groups attached to an aromatic ring is 1. The van der Waals surface area contributed by atoms with E-state index in [1.54, 1.807) is 6.20 Å². The van der Waals surface area contributed by atoms with Crippen molar-refractivity contribution in [1.82, 2.24) is 19.7 Å². The highest BCUT2D eigenvalue weighted by Gasteiger charge is 2.65. The molecule has 36 heavy (non-hydrogen) atoms. The normalized spacial score (nSPS) is 14.8. The zero-order valence-electron chi connectivity index (χ0n) is 20.1. The molecule has 0 fully saturated rings. The smallest absolute Gasteiger partial charge is 0.310 e. The van der Waals surface area contributed by atoms with Crippen LogP contribution in [0.2, 0.25) is 5.02 Å². The predicted octanol–water partition coefficient (Wildman–Crippen LogP) is 6.88. The lowest BCUT2D eigenvalue weighted by molar-refractivity contribution is 0.0806. The fraction of sp³-hybridized carbons (Fsp3) is 0.381. The number of ether oxygens (including phenoxy) is 1. The number of aryl methyl sites for hydroxylation is 1. The summed E-state index contributed by atoms with van der Waals surface area (Å²) in [6.07, 6.45) is 9.48. The molecule has 0 aliphatic carbocycles. The first-order valence-corrected chi connectivity index (χ1v) is 15.8. The molecule has 0 atom stereocenters. The number of hydrogen-bond acceptors (Lipinski definition) is 6. The standard InChI is InChI=1S/C21H28ClF5N6OS2/c1-15-11-16(36(23,24,25,26)27)5-6-19(15)33(20-7-8-29-21(28)30-20)13-18-17(22)12-32(31-18)14-34-9-10-35(2,3)4/h5-8,11-12H,9-10,13-14H2,1-4H3,(H2,28,29,30). The number of halogens is 6. The number of nitrogens with two attached hydrogens (primary N) is 1. The zero-order valence-corrected chi connectivity index (χ0v) is 22.5. The molecule has 0 amide bonds. The van der Waals surface area contributed by atoms with E-state index in [9.17, 15) is 19.4 Å². The minimum atomic E-state index is -9.85. The van der Waals surface area contributed by atoms with E-state index in [0.29, 0.717) is 24.4 Å². The van der Waals surface area contributed by atoms with Gasteiger partial charge in [-0.25, -0.2) is 19.7 Å². The molecule has 0 saturated carbocycles. The predicted molar refractivity (Wildman–Crippen MR) is 138 cm³/mol. The third-order valence-corrected chi connectivity index (χ3v) is 7.85. The average molecular weight is 575 g/mol. The maximum atomic E-state index is 13.3. The Morgan fingerprint density at radius 3 is 2.42 bits per heavy atom. The molecule has 0 radical (unpaired) electrons. The summed E-state index contributed by atoms with van der Waals surface area (Å²) in [5.74, 6) is 1.07. The van der Waals surface area contributed by atoms with Crippen LogP contribution in [-0.4, -0.2) is 50.9 Å². The molecule has 2 heterocycles. The Morgan fingerprint density at radius 1 is 1.14 bits per heavy atom. The van der Waals surface area contributed by atoms with Gasteiger partial charge in [0.05, 0.1) is 18.2 Å². The number of anilines is 3. The largest absolute Gasteiger partial charge is 0.368 e. The summed E-state index contributed by atoms with van der Waals surface area (Å²) in [5, 5.41) is 4.71. The Morgan fingerprint density at radius 2 is 1.83 bits per heavy atom. The number of nitrogens with zero attached hydrogens (tertiary/aromatic N) is 5. The van der Waals surface area contributed by atoms with Gasteiger partial charge in [0.25, 0.3) is 0 Å². The maximum Gasteiger partial charge on any atom is 0.310 e. The average Bonchev–Trinajstić information content (AvgIpc) is 3.06. The van der Waals surface area contributed by atoms with Crippen molar-refractivity contribution >= 4 is 49.3 Å². The third kappa shape index (κ3) is 7.60. The fourth-order valence-electron chi connectivity index (χ4n) is 3.20. The number of aromatic nitrogens is 4. The minimum Gasteiger partial charge on any atom is -0.368 e. The molecule has 2 aromatic heterocycles. The summed E-state index contributed by atoms with van der Waals surface area (Å²) in [7, 11) is -10.6. The van der Waals surface area contributed by atoms with E-state index in [1.165, 1.54) is 28.8 Å². The van der Waals surface area contributed by atoms with Gasteiger partial charge in [0.15, 0.2) is 0 Å². The molecule has 0 aliphatic rings. The van der Waals surface area contributed by atoms with Crippen LogP contribution < -0.4 is 10.6 Å². The van der Waals surface area contributed by atoms with Crippen molar-refractivity contribution in [3.8, 4) is 0 Å². The summed E-state index contributed by atoms with van der Waals surface area (Å²) >= 11 is 6.38. The van der Waals surface area contributed by atoms with Crippen molar-refractivity contribution in [3.63, 3.8) is 0 Å². The Balaban J connectivity index is 1.93. The van der Waals surface area contributed by atoms with E-state index in [2.05, 4.69) is 33.8 Å². The maximum absolute atomic E-state index is 13.3. The van der Waals surface area contributed by atoms with Crippen LogP contribution in [0.15, 0.2) is 41.6 Å². The molecule has 0 bridgehead atoms. The van der Waals surface area contributed by atoms with E-state index >= 15 is 0 Å². The first kappa shape index (κ1) is 28.3. The van der Waals surface area contributed by atoms with Gasteiger partial charge in [-0.05, 0) is 55.5 Å². The zero-order chi connectivity index (χ0) is 27.0. The Labute approximate surface area is 212 Å². The minimum absolute atomic E-state index is 0.0367. The summed E-state index contributed by atoms with van der Waals surface area (Å²) in [6.45, 7) is 1.97. The molecule has 1 aromatic carbocycles. The summed E-state index contributed by atoms with van der Waals surface area (Å²) in [6, 6.07) is 3.22.